The molecular formula is C34H36N4O9. The van der Waals surface area contributed by atoms with Crippen molar-refractivity contribution in [1.29, 1.82) is 0 Å². The third kappa shape index (κ3) is 9.10. The van der Waals surface area contributed by atoms with E-state index in [0.29, 0.717) is 34.7 Å². The van der Waals surface area contributed by atoms with Crippen molar-refractivity contribution in [3.63, 3.8) is 0 Å². The molecule has 0 unspecified atom stereocenters. The Kier molecular flexibility index (Phi) is 11.9. The highest BCUT2D eigenvalue weighted by Gasteiger charge is 2.32. The molecule has 0 fully saturated rings. The monoisotopic (exact) mass is 644 g/mol. The van der Waals surface area contributed by atoms with E-state index in [-0.39, 0.29) is 42.9 Å². The summed E-state index contributed by atoms with van der Waals surface area (Å²) in [5.74, 6) is -0.371. The second-order valence-electron chi connectivity index (χ2n) is 10.0. The van der Waals surface area contributed by atoms with Crippen molar-refractivity contribution in [2.45, 2.75) is 33.4 Å². The van der Waals surface area contributed by atoms with E-state index in [0.717, 1.165) is 5.56 Å². The SMILES string of the molecule is CCOC(=O)C1=C(C)NC(=O)N[C@@H]1c1ccc(OCC(=O)N/N=C/c2ccccc2OCc2ccc(C(=O)OCC)cc2)c(OC)c1. The fraction of sp³-hybridized carbons (Fsp3) is 0.265. The third-order valence-electron chi connectivity index (χ3n) is 6.82. The first kappa shape index (κ1) is 34.0. The van der Waals surface area contributed by atoms with Crippen LogP contribution in [-0.2, 0) is 25.7 Å². The summed E-state index contributed by atoms with van der Waals surface area (Å²) < 4.78 is 27.3. The Morgan fingerprint density at radius 2 is 1.62 bits per heavy atom. The first-order valence-corrected chi connectivity index (χ1v) is 14.8. The van der Waals surface area contributed by atoms with Gasteiger partial charge in [-0.25, -0.2) is 19.8 Å². The fourth-order valence-corrected chi connectivity index (χ4v) is 4.59. The van der Waals surface area contributed by atoms with Crippen LogP contribution in [0.15, 0.2) is 83.1 Å². The average Bonchev–Trinajstić information content (AvgIpc) is 3.06. The van der Waals surface area contributed by atoms with E-state index >= 15 is 0 Å². The number of carbonyl (C=O) groups excluding carboxylic acids is 4. The van der Waals surface area contributed by atoms with Crippen LogP contribution in [0, 0.1) is 0 Å². The number of nitrogens with one attached hydrogen (secondary N) is 3. The van der Waals surface area contributed by atoms with Crippen molar-refractivity contribution in [2.24, 2.45) is 5.10 Å². The van der Waals surface area contributed by atoms with Crippen LogP contribution < -0.4 is 30.3 Å². The summed E-state index contributed by atoms with van der Waals surface area (Å²) in [5.41, 5.74) is 5.56. The molecule has 13 nitrogen and oxygen atoms in total. The van der Waals surface area contributed by atoms with Gasteiger partial charge in [-0.3, -0.25) is 4.79 Å². The number of methoxy groups -OCH3 is 1. The minimum absolute atomic E-state index is 0.175. The highest BCUT2D eigenvalue weighted by molar-refractivity contribution is 5.95. The van der Waals surface area contributed by atoms with Crippen LogP contribution in [0.1, 0.15) is 53.9 Å². The van der Waals surface area contributed by atoms with Crippen LogP contribution in [0.2, 0.25) is 0 Å². The summed E-state index contributed by atoms with van der Waals surface area (Å²) in [7, 11) is 1.43. The van der Waals surface area contributed by atoms with Gasteiger partial charge in [-0.05, 0) is 68.3 Å². The number of carbonyl (C=O) groups is 4. The Balaban J connectivity index is 1.34. The van der Waals surface area contributed by atoms with Crippen molar-refractivity contribution < 1.29 is 42.9 Å². The lowest BCUT2D eigenvalue weighted by molar-refractivity contribution is -0.139. The molecule has 13 heteroatoms. The van der Waals surface area contributed by atoms with Gasteiger partial charge in [0, 0.05) is 11.3 Å². The van der Waals surface area contributed by atoms with Crippen LogP contribution in [0.4, 0.5) is 4.79 Å². The highest BCUT2D eigenvalue weighted by Crippen LogP contribution is 2.34. The second-order valence-corrected chi connectivity index (χ2v) is 10.0. The number of para-hydroxylation sites is 1. The van der Waals surface area contributed by atoms with Crippen molar-refractivity contribution in [3.05, 3.63) is 100 Å². The van der Waals surface area contributed by atoms with Gasteiger partial charge in [-0.15, -0.1) is 0 Å². The second kappa shape index (κ2) is 16.5. The number of hydrogen-bond acceptors (Lipinski definition) is 10. The smallest absolute Gasteiger partial charge is 0.338 e. The Morgan fingerprint density at radius 3 is 2.34 bits per heavy atom. The molecule has 1 heterocycles. The quantitative estimate of drug-likeness (QED) is 0.133. The first-order valence-electron chi connectivity index (χ1n) is 14.8. The molecular weight excluding hydrogens is 608 g/mol. The molecule has 3 amide bonds. The van der Waals surface area contributed by atoms with Gasteiger partial charge in [0.2, 0.25) is 0 Å². The van der Waals surface area contributed by atoms with Crippen LogP contribution in [0.5, 0.6) is 17.2 Å². The maximum absolute atomic E-state index is 12.6. The highest BCUT2D eigenvalue weighted by atomic mass is 16.5. The average molecular weight is 645 g/mol. The predicted molar refractivity (Wildman–Crippen MR) is 171 cm³/mol. The molecule has 1 aliphatic heterocycles. The predicted octanol–water partition coefficient (Wildman–Crippen LogP) is 4.17. The lowest BCUT2D eigenvalue weighted by Crippen LogP contribution is -2.45. The van der Waals surface area contributed by atoms with E-state index < -0.39 is 23.9 Å². The normalized spacial score (nSPS) is 14.1. The van der Waals surface area contributed by atoms with Crippen molar-refractivity contribution >= 4 is 30.1 Å². The van der Waals surface area contributed by atoms with Gasteiger partial charge in [-0.1, -0.05) is 30.3 Å². The lowest BCUT2D eigenvalue weighted by Gasteiger charge is -2.28. The molecule has 4 rings (SSSR count). The van der Waals surface area contributed by atoms with Gasteiger partial charge < -0.3 is 34.3 Å². The van der Waals surface area contributed by atoms with Gasteiger partial charge in [0.1, 0.15) is 12.4 Å². The van der Waals surface area contributed by atoms with Crippen molar-refractivity contribution in [2.75, 3.05) is 26.9 Å². The largest absolute Gasteiger partial charge is 0.493 e. The summed E-state index contributed by atoms with van der Waals surface area (Å²) in [6.45, 7) is 5.43. The number of rotatable bonds is 14. The van der Waals surface area contributed by atoms with E-state index in [1.54, 1.807) is 75.4 Å². The number of benzene rings is 3. The lowest BCUT2D eigenvalue weighted by atomic mass is 9.95. The Morgan fingerprint density at radius 1 is 0.894 bits per heavy atom. The number of hydrogen-bond donors (Lipinski definition) is 3. The van der Waals surface area contributed by atoms with Gasteiger partial charge in [0.15, 0.2) is 18.1 Å². The summed E-state index contributed by atoms with van der Waals surface area (Å²) in [5, 5.41) is 9.35. The number of esters is 2. The number of urea groups is 1. The van der Waals surface area contributed by atoms with E-state index in [2.05, 4.69) is 21.2 Å². The standard InChI is InChI=1S/C34H36N4O9/c1-5-44-32(40)23-13-11-22(12-14-23)19-46-26-10-8-7-9-25(26)18-35-38-29(39)20-47-27-16-15-24(17-28(27)43-4)31-30(33(41)45-6-2)21(3)36-34(42)37-31/h7-18,31H,5-6,19-20H2,1-4H3,(H,38,39)(H2,36,37,42)/b35-18+/t31-/m1/s1. The van der Waals surface area contributed by atoms with E-state index in [4.69, 9.17) is 23.7 Å². The van der Waals surface area contributed by atoms with E-state index in [1.807, 2.05) is 12.1 Å². The number of nitrogens with zero attached hydrogens (tertiary/aromatic N) is 1. The topological polar surface area (TPSA) is 163 Å². The van der Waals surface area contributed by atoms with Gasteiger partial charge in [-0.2, -0.15) is 5.10 Å². The molecule has 3 N–H and O–H groups in total. The van der Waals surface area contributed by atoms with Crippen LogP contribution in [0.3, 0.4) is 0 Å². The molecule has 0 saturated heterocycles. The Labute approximate surface area is 271 Å². The molecule has 1 aliphatic rings. The summed E-state index contributed by atoms with van der Waals surface area (Å²) in [6, 6.07) is 17.7. The summed E-state index contributed by atoms with van der Waals surface area (Å²) >= 11 is 0. The molecule has 0 spiro atoms. The molecule has 0 radical (unpaired) electrons. The molecule has 0 aliphatic carbocycles. The summed E-state index contributed by atoms with van der Waals surface area (Å²) in [6.07, 6.45) is 1.45. The minimum Gasteiger partial charge on any atom is -0.493 e. The molecule has 3 aromatic carbocycles. The first-order chi connectivity index (χ1) is 22.7. The van der Waals surface area contributed by atoms with E-state index in [1.165, 1.54) is 13.3 Å². The number of amides is 3. The van der Waals surface area contributed by atoms with Gasteiger partial charge in [0.05, 0.1) is 43.7 Å². The number of allylic oxidation sites excluding steroid dienone is 1. The molecule has 0 saturated carbocycles. The van der Waals surface area contributed by atoms with Crippen molar-refractivity contribution in [3.8, 4) is 17.2 Å². The van der Waals surface area contributed by atoms with Gasteiger partial charge >= 0.3 is 18.0 Å². The number of ether oxygens (including phenoxy) is 5. The Hall–Kier alpha value is -5.85. The zero-order valence-electron chi connectivity index (χ0n) is 26.5. The van der Waals surface area contributed by atoms with E-state index in [9.17, 15) is 19.2 Å². The van der Waals surface area contributed by atoms with Crippen LogP contribution >= 0.6 is 0 Å². The zero-order valence-corrected chi connectivity index (χ0v) is 26.5. The fourth-order valence-electron chi connectivity index (χ4n) is 4.59. The van der Waals surface area contributed by atoms with Gasteiger partial charge in [0.25, 0.3) is 5.91 Å². The molecule has 1 atom stereocenters. The number of hydrazone groups is 1. The minimum atomic E-state index is -0.785. The third-order valence-corrected chi connectivity index (χ3v) is 6.82. The Bertz CT molecular complexity index is 1670. The molecule has 246 valence electrons. The zero-order chi connectivity index (χ0) is 33.8. The van der Waals surface area contributed by atoms with Crippen LogP contribution in [-0.4, -0.2) is 57.0 Å². The molecule has 0 aromatic heterocycles. The maximum atomic E-state index is 12.6. The molecule has 0 bridgehead atoms. The molecule has 47 heavy (non-hydrogen) atoms. The van der Waals surface area contributed by atoms with Crippen LogP contribution in [0.25, 0.3) is 0 Å². The molecule has 3 aromatic rings. The van der Waals surface area contributed by atoms with Crippen molar-refractivity contribution in [1.82, 2.24) is 16.1 Å². The maximum Gasteiger partial charge on any atom is 0.338 e. The summed E-state index contributed by atoms with van der Waals surface area (Å²) in [4.78, 5) is 49.2.